The molecule has 0 fully saturated rings. The van der Waals surface area contributed by atoms with Gasteiger partial charge in [0.25, 0.3) is 5.56 Å². The Morgan fingerprint density at radius 3 is 2.27 bits per heavy atom. The molecule has 5 rings (SSSR count). The molecule has 0 aliphatic carbocycles. The van der Waals surface area contributed by atoms with Gasteiger partial charge in [0.15, 0.2) is 0 Å². The zero-order valence-corrected chi connectivity index (χ0v) is 18.5. The molecule has 0 unspecified atom stereocenters. The van der Waals surface area contributed by atoms with Crippen LogP contribution in [0.3, 0.4) is 0 Å². The molecule has 1 aliphatic heterocycles. The number of aryl methyl sites for hydroxylation is 1. The molecule has 0 radical (unpaired) electrons. The first-order chi connectivity index (χ1) is 16.0. The Labute approximate surface area is 194 Å². The maximum absolute atomic E-state index is 14.7. The third-order valence-corrected chi connectivity index (χ3v) is 7.41. The van der Waals surface area contributed by atoms with E-state index in [0.717, 1.165) is 11.1 Å². The third kappa shape index (κ3) is 3.83. The minimum atomic E-state index is -0.926. The Bertz CT molecular complexity index is 1420. The van der Waals surface area contributed by atoms with Crippen LogP contribution in [0.5, 0.6) is 0 Å². The summed E-state index contributed by atoms with van der Waals surface area (Å²) in [7, 11) is 0. The fourth-order valence-electron chi connectivity index (χ4n) is 4.46. The van der Waals surface area contributed by atoms with Gasteiger partial charge in [-0.25, -0.2) is 9.18 Å². The number of hydrogen-bond donors (Lipinski definition) is 2. The normalized spacial score (nSPS) is 19.4. The molecule has 2 atom stereocenters. The highest BCUT2D eigenvalue weighted by Crippen LogP contribution is 2.51. The number of halogens is 1. The van der Waals surface area contributed by atoms with Gasteiger partial charge in [0.05, 0.1) is 21.5 Å². The van der Waals surface area contributed by atoms with Crippen molar-refractivity contribution >= 4 is 11.8 Å². The molecule has 0 spiro atoms. The van der Waals surface area contributed by atoms with E-state index in [9.17, 15) is 14.0 Å². The zero-order valence-electron chi connectivity index (χ0n) is 17.7. The topological polar surface area (TPSA) is 80.9 Å². The summed E-state index contributed by atoms with van der Waals surface area (Å²) in [6.07, 6.45) is 1.24. The van der Waals surface area contributed by atoms with Gasteiger partial charge in [-0.15, -0.1) is 0 Å². The monoisotopic (exact) mass is 459 g/mol. The highest BCUT2D eigenvalue weighted by atomic mass is 32.2. The molecule has 7 heteroatoms. The van der Waals surface area contributed by atoms with Crippen molar-refractivity contribution in [2.75, 3.05) is 0 Å². The number of benzene rings is 3. The van der Waals surface area contributed by atoms with Crippen molar-refractivity contribution in [1.82, 2.24) is 9.55 Å². The van der Waals surface area contributed by atoms with Crippen LogP contribution in [-0.2, 0) is 6.42 Å². The summed E-state index contributed by atoms with van der Waals surface area (Å²) in [5.41, 5.74) is 8.12. The van der Waals surface area contributed by atoms with Gasteiger partial charge in [0.1, 0.15) is 5.82 Å². The van der Waals surface area contributed by atoms with E-state index in [4.69, 9.17) is 5.73 Å². The second kappa shape index (κ2) is 8.50. The standard InChI is InChI=1S/C26H22FN3O2S/c27-20-14-8-7-13-19(20)21-23(31)29-25(32)30-22(18-11-5-2-6-12-18)26(28,33-24(21)30)16-15-17-9-3-1-4-10-17/h1-14,22H,15-16,28H2,(H,29,31,32)/t22-,26+/m0/s1. The molecule has 0 saturated carbocycles. The number of rotatable bonds is 5. The molecule has 1 aromatic heterocycles. The van der Waals surface area contributed by atoms with Crippen LogP contribution in [0.15, 0.2) is 99.5 Å². The first-order valence-corrected chi connectivity index (χ1v) is 11.5. The summed E-state index contributed by atoms with van der Waals surface area (Å²) in [5, 5.41) is 0.387. The van der Waals surface area contributed by atoms with Crippen LogP contribution >= 0.6 is 11.8 Å². The van der Waals surface area contributed by atoms with Crippen LogP contribution in [0.2, 0.25) is 0 Å². The Morgan fingerprint density at radius 1 is 0.939 bits per heavy atom. The second-order valence-electron chi connectivity index (χ2n) is 8.15. The third-order valence-electron chi connectivity index (χ3n) is 6.01. The van der Waals surface area contributed by atoms with Crippen molar-refractivity contribution in [1.29, 1.82) is 0 Å². The van der Waals surface area contributed by atoms with Crippen molar-refractivity contribution in [3.05, 3.63) is 123 Å². The number of hydrogen-bond acceptors (Lipinski definition) is 4. The lowest BCUT2D eigenvalue weighted by molar-refractivity contribution is 0.401. The minimum Gasteiger partial charge on any atom is -0.314 e. The van der Waals surface area contributed by atoms with Crippen molar-refractivity contribution in [2.45, 2.75) is 28.8 Å². The van der Waals surface area contributed by atoms with Gasteiger partial charge in [-0.05, 0) is 30.0 Å². The first-order valence-electron chi connectivity index (χ1n) is 10.7. The molecule has 2 heterocycles. The first kappa shape index (κ1) is 21.4. The largest absolute Gasteiger partial charge is 0.329 e. The predicted octanol–water partition coefficient (Wildman–Crippen LogP) is 4.33. The van der Waals surface area contributed by atoms with E-state index in [-0.39, 0.29) is 11.1 Å². The highest BCUT2D eigenvalue weighted by Gasteiger charge is 2.47. The van der Waals surface area contributed by atoms with E-state index in [0.29, 0.717) is 17.9 Å². The molecule has 33 heavy (non-hydrogen) atoms. The molecule has 1 aliphatic rings. The van der Waals surface area contributed by atoms with E-state index in [1.807, 2.05) is 60.7 Å². The van der Waals surface area contributed by atoms with Gasteiger partial charge >= 0.3 is 5.69 Å². The maximum Gasteiger partial charge on any atom is 0.329 e. The molecule has 166 valence electrons. The van der Waals surface area contributed by atoms with Crippen LogP contribution < -0.4 is 17.0 Å². The summed E-state index contributed by atoms with van der Waals surface area (Å²) in [6.45, 7) is 0. The SMILES string of the molecule is N[C@]1(CCc2ccccc2)Sc2c(-c3ccccc3F)c(=O)[nH]c(=O)n2[C@H]1c1ccccc1. The minimum absolute atomic E-state index is 0.130. The van der Waals surface area contributed by atoms with Crippen molar-refractivity contribution in [3.63, 3.8) is 0 Å². The maximum atomic E-state index is 14.7. The molecule has 5 nitrogen and oxygen atoms in total. The molecule has 0 bridgehead atoms. The second-order valence-corrected chi connectivity index (χ2v) is 9.50. The lowest BCUT2D eigenvalue weighted by Gasteiger charge is -2.31. The summed E-state index contributed by atoms with van der Waals surface area (Å²) < 4.78 is 16.2. The number of nitrogens with zero attached hydrogens (tertiary/aromatic N) is 1. The number of aromatic nitrogens is 2. The van der Waals surface area contributed by atoms with Gasteiger partial charge in [-0.2, -0.15) is 0 Å². The van der Waals surface area contributed by atoms with Crippen LogP contribution in [0.25, 0.3) is 11.1 Å². The Morgan fingerprint density at radius 2 is 1.58 bits per heavy atom. The number of H-pyrrole nitrogens is 1. The molecule has 0 saturated heterocycles. The zero-order chi connectivity index (χ0) is 23.0. The fourth-order valence-corrected chi connectivity index (χ4v) is 5.97. The van der Waals surface area contributed by atoms with E-state index >= 15 is 0 Å². The molecule has 3 aromatic carbocycles. The number of thioether (sulfide) groups is 1. The summed E-state index contributed by atoms with van der Waals surface area (Å²) >= 11 is 1.27. The number of aromatic amines is 1. The van der Waals surface area contributed by atoms with Gasteiger partial charge in [0.2, 0.25) is 0 Å². The Balaban J connectivity index is 1.70. The summed E-state index contributed by atoms with van der Waals surface area (Å²) in [5.74, 6) is -0.528. The summed E-state index contributed by atoms with van der Waals surface area (Å²) in [4.78, 5) is 27.5. The van der Waals surface area contributed by atoms with E-state index in [1.54, 1.807) is 18.2 Å². The van der Waals surface area contributed by atoms with Gasteiger partial charge in [0, 0.05) is 5.56 Å². The Kier molecular flexibility index (Phi) is 5.52. The van der Waals surface area contributed by atoms with Crippen LogP contribution in [-0.4, -0.2) is 14.4 Å². The quantitative estimate of drug-likeness (QED) is 0.436. The van der Waals surface area contributed by atoms with Crippen molar-refractivity contribution in [2.24, 2.45) is 5.73 Å². The highest BCUT2D eigenvalue weighted by molar-refractivity contribution is 8.01. The van der Waals surface area contributed by atoms with Crippen LogP contribution in [0.4, 0.5) is 4.39 Å². The molecular formula is C26H22FN3O2S. The number of fused-ring (bicyclic) bond motifs is 1. The van der Waals surface area contributed by atoms with E-state index in [1.165, 1.54) is 22.4 Å². The smallest absolute Gasteiger partial charge is 0.314 e. The predicted molar refractivity (Wildman–Crippen MR) is 129 cm³/mol. The molecule has 0 amide bonds. The molecule has 3 N–H and O–H groups in total. The number of nitrogens with two attached hydrogens (primary N) is 1. The Hall–Kier alpha value is -3.42. The van der Waals surface area contributed by atoms with Gasteiger partial charge in [-0.1, -0.05) is 90.6 Å². The van der Waals surface area contributed by atoms with Gasteiger partial charge in [-0.3, -0.25) is 14.3 Å². The van der Waals surface area contributed by atoms with Crippen LogP contribution in [0, 0.1) is 5.82 Å². The van der Waals surface area contributed by atoms with Crippen LogP contribution in [0.1, 0.15) is 23.6 Å². The number of nitrogens with one attached hydrogen (secondary N) is 1. The van der Waals surface area contributed by atoms with Crippen molar-refractivity contribution < 1.29 is 4.39 Å². The average molecular weight is 460 g/mol. The van der Waals surface area contributed by atoms with E-state index in [2.05, 4.69) is 4.98 Å². The van der Waals surface area contributed by atoms with Crippen molar-refractivity contribution in [3.8, 4) is 11.1 Å². The van der Waals surface area contributed by atoms with E-state index < -0.39 is 28.0 Å². The molecular weight excluding hydrogens is 437 g/mol. The lowest BCUT2D eigenvalue weighted by atomic mass is 9.93. The fraction of sp³-hybridized carbons (Fsp3) is 0.154. The average Bonchev–Trinajstić information content (AvgIpc) is 3.14. The molecule has 4 aromatic rings. The summed E-state index contributed by atoms with van der Waals surface area (Å²) in [6, 6.07) is 25.1. The van der Waals surface area contributed by atoms with Gasteiger partial charge < -0.3 is 5.73 Å². The lowest BCUT2D eigenvalue weighted by Crippen LogP contribution is -2.45.